The molecule has 8 heteroatoms. The molecular weight excluding hydrogens is 282 g/mol. The Labute approximate surface area is 118 Å². The van der Waals surface area contributed by atoms with Crippen molar-refractivity contribution in [3.8, 4) is 0 Å². The minimum absolute atomic E-state index is 0.0799. The molecule has 0 saturated heterocycles. The second kappa shape index (κ2) is 6.19. The molecule has 0 saturated carbocycles. The number of para-hydroxylation sites is 1. The highest BCUT2D eigenvalue weighted by Crippen LogP contribution is 2.31. The van der Waals surface area contributed by atoms with Gasteiger partial charge in [-0.15, -0.1) is 0 Å². The van der Waals surface area contributed by atoms with Gasteiger partial charge in [0.1, 0.15) is 5.69 Å². The first-order valence-corrected chi connectivity index (χ1v) is 7.66. The van der Waals surface area contributed by atoms with E-state index < -0.39 is 20.6 Å². The average Bonchev–Trinajstić information content (AvgIpc) is 2.36. The number of hydrogen-bond donors (Lipinski definition) is 2. The van der Waals surface area contributed by atoms with Gasteiger partial charge in [-0.3, -0.25) is 10.1 Å². The number of nitrogens with zero attached hydrogens (tertiary/aromatic N) is 1. The highest BCUT2D eigenvalue weighted by atomic mass is 32.2. The number of nitro benzene ring substituents is 1. The first kappa shape index (κ1) is 16.4. The Morgan fingerprint density at radius 1 is 1.25 bits per heavy atom. The second-order valence-corrected chi connectivity index (χ2v) is 6.50. The van der Waals surface area contributed by atoms with Crippen molar-refractivity contribution in [3.63, 3.8) is 0 Å². The fourth-order valence-corrected chi connectivity index (χ4v) is 3.16. The molecule has 0 bridgehead atoms. The molecule has 0 aromatic heterocycles. The molecule has 0 heterocycles. The van der Waals surface area contributed by atoms with E-state index in [9.17, 15) is 18.5 Å². The molecule has 0 amide bonds. The van der Waals surface area contributed by atoms with E-state index >= 15 is 0 Å². The highest BCUT2D eigenvalue weighted by Gasteiger charge is 2.30. The molecule has 20 heavy (non-hydrogen) atoms. The van der Waals surface area contributed by atoms with Gasteiger partial charge in [-0.1, -0.05) is 19.9 Å². The van der Waals surface area contributed by atoms with E-state index in [0.717, 1.165) is 0 Å². The van der Waals surface area contributed by atoms with Gasteiger partial charge in [0, 0.05) is 13.1 Å². The number of nitrogens with one attached hydrogen (secondary N) is 2. The van der Waals surface area contributed by atoms with Gasteiger partial charge < -0.3 is 5.32 Å². The molecule has 0 spiro atoms. The summed E-state index contributed by atoms with van der Waals surface area (Å²) in [6, 6.07) is 3.84. The summed E-state index contributed by atoms with van der Waals surface area (Å²) < 4.78 is 27.1. The maximum atomic E-state index is 12.3. The first-order chi connectivity index (χ1) is 9.20. The fourth-order valence-electron chi connectivity index (χ4n) is 1.57. The molecule has 0 radical (unpaired) electrons. The summed E-state index contributed by atoms with van der Waals surface area (Å²) in [7, 11) is -2.44. The standard InChI is InChI=1S/C12H19N3O4S/c1-8(2)9(3)14-20(18,19)11-7-5-6-10(13-4)12(11)15(16)17/h5-9,13-14H,1-4H3. The van der Waals surface area contributed by atoms with Crippen LogP contribution in [0, 0.1) is 16.0 Å². The SMILES string of the molecule is CNc1cccc(S(=O)(=O)NC(C)C(C)C)c1[N+](=O)[O-]. The summed E-state index contributed by atoms with van der Waals surface area (Å²) in [5.74, 6) is 0.0799. The van der Waals surface area contributed by atoms with Gasteiger partial charge in [-0.05, 0) is 25.0 Å². The maximum Gasteiger partial charge on any atom is 0.312 e. The van der Waals surface area contributed by atoms with Crippen LogP contribution in [-0.4, -0.2) is 26.4 Å². The van der Waals surface area contributed by atoms with E-state index in [2.05, 4.69) is 10.0 Å². The maximum absolute atomic E-state index is 12.3. The van der Waals surface area contributed by atoms with Crippen LogP contribution in [0.5, 0.6) is 0 Å². The topological polar surface area (TPSA) is 101 Å². The minimum Gasteiger partial charge on any atom is -0.383 e. The van der Waals surface area contributed by atoms with E-state index in [4.69, 9.17) is 0 Å². The van der Waals surface area contributed by atoms with Crippen molar-refractivity contribution < 1.29 is 13.3 Å². The zero-order valence-corrected chi connectivity index (χ0v) is 12.7. The van der Waals surface area contributed by atoms with E-state index in [-0.39, 0.29) is 22.5 Å². The number of benzene rings is 1. The number of hydrogen-bond acceptors (Lipinski definition) is 5. The van der Waals surface area contributed by atoms with Crippen LogP contribution in [0.1, 0.15) is 20.8 Å². The smallest absolute Gasteiger partial charge is 0.312 e. The third-order valence-corrected chi connectivity index (χ3v) is 4.67. The monoisotopic (exact) mass is 301 g/mol. The minimum atomic E-state index is -3.94. The summed E-state index contributed by atoms with van der Waals surface area (Å²) in [5.41, 5.74) is -0.284. The van der Waals surface area contributed by atoms with Gasteiger partial charge in [0.15, 0.2) is 4.90 Å². The summed E-state index contributed by atoms with van der Waals surface area (Å²) in [6.07, 6.45) is 0. The number of anilines is 1. The molecule has 0 aliphatic carbocycles. The Bertz CT molecular complexity index is 599. The van der Waals surface area contributed by atoms with Crippen LogP contribution in [0.25, 0.3) is 0 Å². The summed E-state index contributed by atoms with van der Waals surface area (Å²) in [4.78, 5) is 10.1. The van der Waals surface area contributed by atoms with Crippen LogP contribution < -0.4 is 10.0 Å². The predicted octanol–water partition coefficient (Wildman–Crippen LogP) is 1.96. The Morgan fingerprint density at radius 2 is 1.85 bits per heavy atom. The lowest BCUT2D eigenvalue weighted by atomic mass is 10.1. The van der Waals surface area contributed by atoms with Crippen LogP contribution >= 0.6 is 0 Å². The van der Waals surface area contributed by atoms with Crippen molar-refractivity contribution >= 4 is 21.4 Å². The van der Waals surface area contributed by atoms with Crippen LogP contribution in [0.4, 0.5) is 11.4 Å². The molecule has 0 aliphatic heterocycles. The lowest BCUT2D eigenvalue weighted by molar-refractivity contribution is -0.386. The molecule has 1 unspecified atom stereocenters. The Balaban J connectivity index is 3.35. The summed E-state index contributed by atoms with van der Waals surface area (Å²) >= 11 is 0. The summed E-state index contributed by atoms with van der Waals surface area (Å²) in [5, 5.41) is 13.8. The quantitative estimate of drug-likeness (QED) is 0.618. The van der Waals surface area contributed by atoms with Crippen molar-refractivity contribution in [2.24, 2.45) is 5.92 Å². The Kier molecular flexibility index (Phi) is 5.07. The molecule has 1 atom stereocenters. The zero-order chi connectivity index (χ0) is 15.5. The predicted molar refractivity (Wildman–Crippen MR) is 77.3 cm³/mol. The van der Waals surface area contributed by atoms with E-state index in [0.29, 0.717) is 0 Å². The van der Waals surface area contributed by atoms with Crippen LogP contribution in [0.15, 0.2) is 23.1 Å². The molecule has 7 nitrogen and oxygen atoms in total. The normalized spacial score (nSPS) is 13.2. The molecule has 0 aliphatic rings. The van der Waals surface area contributed by atoms with Crippen LogP contribution in [0.3, 0.4) is 0 Å². The zero-order valence-electron chi connectivity index (χ0n) is 11.9. The van der Waals surface area contributed by atoms with Crippen molar-refractivity contribution in [2.75, 3.05) is 12.4 Å². The van der Waals surface area contributed by atoms with Crippen molar-refractivity contribution in [3.05, 3.63) is 28.3 Å². The third kappa shape index (κ3) is 3.45. The fraction of sp³-hybridized carbons (Fsp3) is 0.500. The number of rotatable bonds is 6. The van der Waals surface area contributed by atoms with Gasteiger partial charge in [0.05, 0.1) is 4.92 Å². The molecule has 1 aromatic carbocycles. The molecular formula is C12H19N3O4S. The van der Waals surface area contributed by atoms with Crippen molar-refractivity contribution in [1.82, 2.24) is 4.72 Å². The molecule has 112 valence electrons. The number of sulfonamides is 1. The van der Waals surface area contributed by atoms with Gasteiger partial charge in [0.25, 0.3) is 0 Å². The molecule has 0 fully saturated rings. The lowest BCUT2D eigenvalue weighted by Gasteiger charge is -2.17. The van der Waals surface area contributed by atoms with Gasteiger partial charge in [0.2, 0.25) is 10.0 Å². The van der Waals surface area contributed by atoms with Gasteiger partial charge >= 0.3 is 5.69 Å². The van der Waals surface area contributed by atoms with Crippen LogP contribution in [-0.2, 0) is 10.0 Å². The van der Waals surface area contributed by atoms with E-state index in [1.165, 1.54) is 25.2 Å². The second-order valence-electron chi connectivity index (χ2n) is 4.81. The first-order valence-electron chi connectivity index (χ1n) is 6.18. The van der Waals surface area contributed by atoms with Gasteiger partial charge in [-0.25, -0.2) is 13.1 Å². The largest absolute Gasteiger partial charge is 0.383 e. The van der Waals surface area contributed by atoms with Crippen molar-refractivity contribution in [2.45, 2.75) is 31.7 Å². The number of nitro groups is 1. The average molecular weight is 301 g/mol. The van der Waals surface area contributed by atoms with E-state index in [1.54, 1.807) is 6.92 Å². The van der Waals surface area contributed by atoms with E-state index in [1.807, 2.05) is 13.8 Å². The Morgan fingerprint density at radius 3 is 2.30 bits per heavy atom. The lowest BCUT2D eigenvalue weighted by Crippen LogP contribution is -2.36. The highest BCUT2D eigenvalue weighted by molar-refractivity contribution is 7.89. The van der Waals surface area contributed by atoms with Crippen LogP contribution in [0.2, 0.25) is 0 Å². The Hall–Kier alpha value is -1.67. The third-order valence-electron chi connectivity index (χ3n) is 3.08. The van der Waals surface area contributed by atoms with Crippen molar-refractivity contribution in [1.29, 1.82) is 0 Å². The molecule has 2 N–H and O–H groups in total. The van der Waals surface area contributed by atoms with Gasteiger partial charge in [-0.2, -0.15) is 0 Å². The molecule has 1 rings (SSSR count). The molecule has 1 aromatic rings. The summed E-state index contributed by atoms with van der Waals surface area (Å²) in [6.45, 7) is 5.45.